The van der Waals surface area contributed by atoms with Crippen molar-refractivity contribution in [2.75, 3.05) is 14.2 Å². The molecule has 0 aliphatic heterocycles. The smallest absolute Gasteiger partial charge is 0.121 e. The summed E-state index contributed by atoms with van der Waals surface area (Å²) in [5, 5.41) is 0. The van der Waals surface area contributed by atoms with Crippen LogP contribution in [0.2, 0.25) is 0 Å². The predicted octanol–water partition coefficient (Wildman–Crippen LogP) is 4.37. The lowest BCUT2D eigenvalue weighted by Crippen LogP contribution is -1.98. The molecule has 0 aliphatic carbocycles. The molecule has 108 valence electrons. The van der Waals surface area contributed by atoms with Gasteiger partial charge in [-0.3, -0.25) is 0 Å². The van der Waals surface area contributed by atoms with E-state index >= 15 is 0 Å². The quantitative estimate of drug-likeness (QED) is 0.602. The van der Waals surface area contributed by atoms with Crippen molar-refractivity contribution in [3.8, 4) is 5.75 Å². The lowest BCUT2D eigenvalue weighted by atomic mass is 10.1. The van der Waals surface area contributed by atoms with Crippen LogP contribution in [0.1, 0.15) is 12.5 Å². The van der Waals surface area contributed by atoms with Gasteiger partial charge in [0.25, 0.3) is 0 Å². The highest BCUT2D eigenvalue weighted by molar-refractivity contribution is 6.10. The maximum Gasteiger partial charge on any atom is 0.121 e. The summed E-state index contributed by atoms with van der Waals surface area (Å²) in [6.07, 6.45) is 1.93. The van der Waals surface area contributed by atoms with Crippen molar-refractivity contribution in [2.45, 2.75) is 6.92 Å². The number of benzene rings is 2. The average molecular weight is 281 g/mol. The molecule has 2 aromatic carbocycles. The van der Waals surface area contributed by atoms with Gasteiger partial charge in [0, 0.05) is 17.7 Å². The van der Waals surface area contributed by atoms with Crippen LogP contribution in [0.4, 0.5) is 5.69 Å². The highest BCUT2D eigenvalue weighted by Crippen LogP contribution is 2.21. The van der Waals surface area contributed by atoms with E-state index in [4.69, 9.17) is 14.5 Å². The summed E-state index contributed by atoms with van der Waals surface area (Å²) in [6, 6.07) is 17.7. The van der Waals surface area contributed by atoms with Crippen LogP contribution >= 0.6 is 0 Å². The molecule has 21 heavy (non-hydrogen) atoms. The van der Waals surface area contributed by atoms with E-state index in [0.29, 0.717) is 0 Å². The lowest BCUT2D eigenvalue weighted by molar-refractivity contribution is 0.294. The molecule has 0 atom stereocenters. The average Bonchev–Trinajstić information content (AvgIpc) is 2.55. The van der Waals surface area contributed by atoms with E-state index in [1.165, 1.54) is 0 Å². The number of nitrogens with zero attached hydrogens (tertiary/aromatic N) is 1. The summed E-state index contributed by atoms with van der Waals surface area (Å²) in [5.74, 6) is 1.59. The molecule has 0 aromatic heterocycles. The molecule has 2 aromatic rings. The molecular weight excluding hydrogens is 262 g/mol. The second-order valence-corrected chi connectivity index (χ2v) is 4.52. The van der Waals surface area contributed by atoms with Crippen LogP contribution in [0.25, 0.3) is 0 Å². The van der Waals surface area contributed by atoms with Gasteiger partial charge in [-0.15, -0.1) is 0 Å². The third-order valence-corrected chi connectivity index (χ3v) is 3.03. The normalized spacial score (nSPS) is 12.1. The van der Waals surface area contributed by atoms with E-state index in [9.17, 15) is 0 Å². The summed E-state index contributed by atoms with van der Waals surface area (Å²) < 4.78 is 10.5. The van der Waals surface area contributed by atoms with Gasteiger partial charge in [0.15, 0.2) is 0 Å². The summed E-state index contributed by atoms with van der Waals surface area (Å²) in [6.45, 7) is 1.91. The lowest BCUT2D eigenvalue weighted by Gasteiger charge is -2.06. The van der Waals surface area contributed by atoms with Crippen molar-refractivity contribution < 1.29 is 9.47 Å². The van der Waals surface area contributed by atoms with Crippen LogP contribution in [-0.4, -0.2) is 19.9 Å². The molecular formula is C18H19NO2. The Morgan fingerprint density at radius 3 is 2.43 bits per heavy atom. The molecule has 0 bridgehead atoms. The molecule has 2 rings (SSSR count). The SMILES string of the molecule is CO/C(C)=C/C(=Nc1cccc(OC)c1)c1ccccc1. The topological polar surface area (TPSA) is 30.8 Å². The van der Waals surface area contributed by atoms with Gasteiger partial charge in [0.1, 0.15) is 5.75 Å². The molecule has 0 saturated carbocycles. The third-order valence-electron chi connectivity index (χ3n) is 3.03. The van der Waals surface area contributed by atoms with Gasteiger partial charge in [-0.25, -0.2) is 4.99 Å². The predicted molar refractivity (Wildman–Crippen MR) is 86.4 cm³/mol. The summed E-state index contributed by atoms with van der Waals surface area (Å²) >= 11 is 0. The minimum atomic E-state index is 0.788. The van der Waals surface area contributed by atoms with E-state index in [1.807, 2.05) is 67.6 Å². The van der Waals surface area contributed by atoms with Gasteiger partial charge < -0.3 is 9.47 Å². The van der Waals surface area contributed by atoms with Gasteiger partial charge in [0.05, 0.1) is 31.4 Å². The molecule has 0 fully saturated rings. The fourth-order valence-corrected chi connectivity index (χ4v) is 1.86. The number of hydrogen-bond donors (Lipinski definition) is 0. The molecule has 3 nitrogen and oxygen atoms in total. The molecule has 0 saturated heterocycles. The van der Waals surface area contributed by atoms with Gasteiger partial charge in [-0.2, -0.15) is 0 Å². The van der Waals surface area contributed by atoms with Crippen LogP contribution in [0.5, 0.6) is 5.75 Å². The Morgan fingerprint density at radius 1 is 1.00 bits per heavy atom. The monoisotopic (exact) mass is 281 g/mol. The van der Waals surface area contributed by atoms with Gasteiger partial charge in [0.2, 0.25) is 0 Å². The Kier molecular flexibility index (Phi) is 5.16. The number of ether oxygens (including phenoxy) is 2. The van der Waals surface area contributed by atoms with Crippen LogP contribution in [0, 0.1) is 0 Å². The van der Waals surface area contributed by atoms with E-state index in [1.54, 1.807) is 14.2 Å². The van der Waals surface area contributed by atoms with Gasteiger partial charge >= 0.3 is 0 Å². The second-order valence-electron chi connectivity index (χ2n) is 4.52. The van der Waals surface area contributed by atoms with E-state index in [0.717, 1.165) is 28.5 Å². The maximum absolute atomic E-state index is 5.24. The molecule has 0 radical (unpaired) electrons. The highest BCUT2D eigenvalue weighted by Gasteiger charge is 2.03. The zero-order valence-corrected chi connectivity index (χ0v) is 12.5. The Morgan fingerprint density at radius 2 is 1.76 bits per heavy atom. The van der Waals surface area contributed by atoms with Crippen molar-refractivity contribution in [3.63, 3.8) is 0 Å². The minimum Gasteiger partial charge on any atom is -0.501 e. The first kappa shape index (κ1) is 14.9. The highest BCUT2D eigenvalue weighted by atomic mass is 16.5. The first-order valence-electron chi connectivity index (χ1n) is 6.73. The first-order chi connectivity index (χ1) is 10.2. The maximum atomic E-state index is 5.24. The van der Waals surface area contributed by atoms with Crippen molar-refractivity contribution in [1.82, 2.24) is 0 Å². The number of methoxy groups -OCH3 is 2. The molecule has 3 heteroatoms. The van der Waals surface area contributed by atoms with Crippen LogP contribution < -0.4 is 4.74 Å². The van der Waals surface area contributed by atoms with Gasteiger partial charge in [-0.05, 0) is 19.1 Å². The zero-order valence-electron chi connectivity index (χ0n) is 12.5. The van der Waals surface area contributed by atoms with Crippen molar-refractivity contribution >= 4 is 11.4 Å². The third kappa shape index (κ3) is 4.21. The molecule has 0 amide bonds. The zero-order chi connectivity index (χ0) is 15.1. The summed E-state index contributed by atoms with van der Waals surface area (Å²) in [5.41, 5.74) is 2.73. The number of hydrogen-bond acceptors (Lipinski definition) is 3. The van der Waals surface area contributed by atoms with Crippen LogP contribution in [-0.2, 0) is 4.74 Å². The van der Waals surface area contributed by atoms with E-state index in [2.05, 4.69) is 0 Å². The van der Waals surface area contributed by atoms with Crippen LogP contribution in [0.15, 0.2) is 71.4 Å². The fraction of sp³-hybridized carbons (Fsp3) is 0.167. The second kappa shape index (κ2) is 7.29. The Hall–Kier alpha value is -2.55. The minimum absolute atomic E-state index is 0.788. The summed E-state index contributed by atoms with van der Waals surface area (Å²) in [4.78, 5) is 4.71. The number of rotatable bonds is 5. The van der Waals surface area contributed by atoms with Crippen molar-refractivity contribution in [3.05, 3.63) is 72.0 Å². The first-order valence-corrected chi connectivity index (χ1v) is 6.73. The number of allylic oxidation sites excluding steroid dienone is 2. The standard InChI is InChI=1S/C18H19NO2/c1-14(20-2)12-18(15-8-5-4-6-9-15)19-16-10-7-11-17(13-16)21-3/h4-13H,1-3H3/b14-12+,19-18?. The Bertz CT molecular complexity index is 645. The van der Waals surface area contributed by atoms with E-state index < -0.39 is 0 Å². The molecule has 0 spiro atoms. The Balaban J connectivity index is 2.46. The largest absolute Gasteiger partial charge is 0.501 e. The fourth-order valence-electron chi connectivity index (χ4n) is 1.86. The molecule has 0 aliphatic rings. The molecule has 0 unspecified atom stereocenters. The Labute approximate surface area is 125 Å². The molecule has 0 N–H and O–H groups in total. The van der Waals surface area contributed by atoms with Crippen molar-refractivity contribution in [1.29, 1.82) is 0 Å². The number of aliphatic imine (C=N–C) groups is 1. The van der Waals surface area contributed by atoms with Gasteiger partial charge in [-0.1, -0.05) is 36.4 Å². The van der Waals surface area contributed by atoms with Crippen LogP contribution in [0.3, 0.4) is 0 Å². The summed E-state index contributed by atoms with van der Waals surface area (Å²) in [7, 11) is 3.30. The van der Waals surface area contributed by atoms with E-state index in [-0.39, 0.29) is 0 Å². The molecule has 0 heterocycles. The van der Waals surface area contributed by atoms with Crippen molar-refractivity contribution in [2.24, 2.45) is 4.99 Å².